The number of carbonyl (C=O) groups excluding carboxylic acids is 2. The molecule has 2 N–H and O–H groups in total. The maximum absolute atomic E-state index is 12.5. The molecule has 25 heavy (non-hydrogen) atoms. The number of hydrogen-bond acceptors (Lipinski definition) is 4. The van der Waals surface area contributed by atoms with E-state index in [1.165, 1.54) is 0 Å². The van der Waals surface area contributed by atoms with E-state index in [0.717, 1.165) is 12.0 Å². The minimum Gasteiger partial charge on any atom is -0.493 e. The van der Waals surface area contributed by atoms with Crippen LogP contribution in [0.25, 0.3) is 0 Å². The van der Waals surface area contributed by atoms with E-state index in [1.54, 1.807) is 20.3 Å². The van der Waals surface area contributed by atoms with Gasteiger partial charge in [-0.3, -0.25) is 9.59 Å². The summed E-state index contributed by atoms with van der Waals surface area (Å²) in [5.74, 6) is 1.42. The maximum Gasteiger partial charge on any atom is 0.235 e. The highest BCUT2D eigenvalue weighted by molar-refractivity contribution is 6.07. The van der Waals surface area contributed by atoms with Gasteiger partial charge in [-0.2, -0.15) is 0 Å². The van der Waals surface area contributed by atoms with Crippen LogP contribution in [0.15, 0.2) is 18.2 Å². The standard InChI is InChI=1S/C19H28N2O4/c1-13(2)7-10-20-17(22)19(8-9-19)18(23)21-12-14-5-6-15(24-3)16(11-14)25-4/h5-6,11,13H,7-10,12H2,1-4H3,(H,20,22)(H,21,23). The summed E-state index contributed by atoms with van der Waals surface area (Å²) >= 11 is 0. The summed E-state index contributed by atoms with van der Waals surface area (Å²) in [6, 6.07) is 5.48. The monoisotopic (exact) mass is 348 g/mol. The van der Waals surface area contributed by atoms with E-state index in [4.69, 9.17) is 9.47 Å². The molecule has 2 amide bonds. The summed E-state index contributed by atoms with van der Waals surface area (Å²) in [6.45, 7) is 5.17. The molecule has 0 aromatic heterocycles. The van der Waals surface area contributed by atoms with Crippen molar-refractivity contribution in [1.82, 2.24) is 10.6 Å². The second-order valence-corrected chi connectivity index (χ2v) is 6.89. The Hall–Kier alpha value is -2.24. The maximum atomic E-state index is 12.5. The number of rotatable bonds is 9. The third-order valence-corrected chi connectivity index (χ3v) is 4.53. The highest BCUT2D eigenvalue weighted by Crippen LogP contribution is 2.46. The van der Waals surface area contributed by atoms with Crippen LogP contribution in [-0.2, 0) is 16.1 Å². The van der Waals surface area contributed by atoms with Gasteiger partial charge in [-0.25, -0.2) is 0 Å². The van der Waals surface area contributed by atoms with Crippen molar-refractivity contribution in [1.29, 1.82) is 0 Å². The van der Waals surface area contributed by atoms with Crippen LogP contribution >= 0.6 is 0 Å². The molecule has 0 bridgehead atoms. The normalized spacial score (nSPS) is 14.8. The average Bonchev–Trinajstić information content (AvgIpc) is 3.40. The molecule has 1 aliphatic rings. The van der Waals surface area contributed by atoms with Crippen LogP contribution in [0.3, 0.4) is 0 Å². The zero-order valence-electron chi connectivity index (χ0n) is 15.5. The van der Waals surface area contributed by atoms with Gasteiger partial charge in [-0.15, -0.1) is 0 Å². The molecule has 6 heteroatoms. The van der Waals surface area contributed by atoms with Crippen molar-refractivity contribution in [3.05, 3.63) is 23.8 Å². The zero-order valence-corrected chi connectivity index (χ0v) is 15.5. The van der Waals surface area contributed by atoms with Crippen LogP contribution in [0.1, 0.15) is 38.7 Å². The molecule has 0 atom stereocenters. The van der Waals surface area contributed by atoms with Crippen LogP contribution in [0, 0.1) is 11.3 Å². The molecule has 138 valence electrons. The summed E-state index contributed by atoms with van der Waals surface area (Å²) in [5, 5.41) is 5.77. The second-order valence-electron chi connectivity index (χ2n) is 6.89. The molecule has 1 aromatic carbocycles. The first-order chi connectivity index (χ1) is 11.9. The highest BCUT2D eigenvalue weighted by atomic mass is 16.5. The van der Waals surface area contributed by atoms with Crippen LogP contribution in [0.2, 0.25) is 0 Å². The fourth-order valence-electron chi connectivity index (χ4n) is 2.67. The Morgan fingerprint density at radius 3 is 2.28 bits per heavy atom. The van der Waals surface area contributed by atoms with Gasteiger partial charge in [-0.1, -0.05) is 19.9 Å². The number of methoxy groups -OCH3 is 2. The van der Waals surface area contributed by atoms with Crippen LogP contribution in [0.4, 0.5) is 0 Å². The number of benzene rings is 1. The Kier molecular flexibility index (Phi) is 6.28. The Bertz CT molecular complexity index is 624. The molecule has 1 fully saturated rings. The second kappa shape index (κ2) is 8.23. The van der Waals surface area contributed by atoms with E-state index >= 15 is 0 Å². The van der Waals surface area contributed by atoms with Crippen molar-refractivity contribution in [2.24, 2.45) is 11.3 Å². The molecule has 0 spiro atoms. The Morgan fingerprint density at radius 1 is 1.08 bits per heavy atom. The summed E-state index contributed by atoms with van der Waals surface area (Å²) in [4.78, 5) is 24.8. The summed E-state index contributed by atoms with van der Waals surface area (Å²) < 4.78 is 10.5. The lowest BCUT2D eigenvalue weighted by Gasteiger charge is -2.16. The van der Waals surface area contributed by atoms with Crippen LogP contribution in [-0.4, -0.2) is 32.6 Å². The van der Waals surface area contributed by atoms with E-state index in [0.29, 0.717) is 43.3 Å². The Morgan fingerprint density at radius 2 is 1.72 bits per heavy atom. The van der Waals surface area contributed by atoms with Gasteiger partial charge in [0.15, 0.2) is 11.5 Å². The molecule has 1 aromatic rings. The first kappa shape index (κ1) is 19.1. The molecular weight excluding hydrogens is 320 g/mol. The SMILES string of the molecule is COc1ccc(CNC(=O)C2(C(=O)NCCC(C)C)CC2)cc1OC. The molecule has 0 aliphatic heterocycles. The zero-order chi connectivity index (χ0) is 18.4. The van der Waals surface area contributed by atoms with Crippen LogP contribution in [0.5, 0.6) is 11.5 Å². The Labute approximate surface area is 149 Å². The van der Waals surface area contributed by atoms with Gasteiger partial charge in [0.1, 0.15) is 5.41 Å². The average molecular weight is 348 g/mol. The van der Waals surface area contributed by atoms with E-state index in [1.807, 2.05) is 12.1 Å². The first-order valence-corrected chi connectivity index (χ1v) is 8.70. The summed E-state index contributed by atoms with van der Waals surface area (Å²) in [7, 11) is 3.15. The largest absolute Gasteiger partial charge is 0.493 e. The minimum absolute atomic E-state index is 0.155. The van der Waals surface area contributed by atoms with Gasteiger partial charge in [0, 0.05) is 13.1 Å². The Balaban J connectivity index is 1.90. The van der Waals surface area contributed by atoms with Gasteiger partial charge in [-0.05, 0) is 42.9 Å². The molecule has 0 radical (unpaired) electrons. The molecule has 1 saturated carbocycles. The number of carbonyl (C=O) groups is 2. The molecule has 6 nitrogen and oxygen atoms in total. The number of ether oxygens (including phenoxy) is 2. The molecule has 0 unspecified atom stereocenters. The minimum atomic E-state index is -0.881. The van der Waals surface area contributed by atoms with Crippen molar-refractivity contribution in [3.8, 4) is 11.5 Å². The first-order valence-electron chi connectivity index (χ1n) is 8.70. The fourth-order valence-corrected chi connectivity index (χ4v) is 2.67. The van der Waals surface area contributed by atoms with E-state index in [9.17, 15) is 9.59 Å². The molecule has 2 rings (SSSR count). The number of nitrogens with one attached hydrogen (secondary N) is 2. The molecule has 1 aliphatic carbocycles. The highest BCUT2D eigenvalue weighted by Gasteiger charge is 2.56. The van der Waals surface area contributed by atoms with Crippen molar-refractivity contribution in [2.45, 2.75) is 39.7 Å². The van der Waals surface area contributed by atoms with Gasteiger partial charge in [0.25, 0.3) is 0 Å². The van der Waals surface area contributed by atoms with Crippen LogP contribution < -0.4 is 20.1 Å². The third-order valence-electron chi connectivity index (χ3n) is 4.53. The number of hydrogen-bond donors (Lipinski definition) is 2. The van der Waals surface area contributed by atoms with Crippen molar-refractivity contribution >= 4 is 11.8 Å². The van der Waals surface area contributed by atoms with E-state index in [-0.39, 0.29) is 11.8 Å². The van der Waals surface area contributed by atoms with Crippen molar-refractivity contribution in [3.63, 3.8) is 0 Å². The predicted octanol–water partition coefficient (Wildman–Crippen LogP) is 2.26. The quantitative estimate of drug-likeness (QED) is 0.671. The van der Waals surface area contributed by atoms with Crippen molar-refractivity contribution < 1.29 is 19.1 Å². The van der Waals surface area contributed by atoms with Crippen molar-refractivity contribution in [2.75, 3.05) is 20.8 Å². The summed E-state index contributed by atoms with van der Waals surface area (Å²) in [5.41, 5.74) is 0.00934. The topological polar surface area (TPSA) is 76.7 Å². The van der Waals surface area contributed by atoms with Gasteiger partial charge in [0.2, 0.25) is 11.8 Å². The smallest absolute Gasteiger partial charge is 0.235 e. The molecular formula is C19H28N2O4. The molecule has 0 heterocycles. The van der Waals surface area contributed by atoms with E-state index in [2.05, 4.69) is 24.5 Å². The third kappa shape index (κ3) is 4.65. The summed E-state index contributed by atoms with van der Waals surface area (Å²) in [6.07, 6.45) is 2.13. The van der Waals surface area contributed by atoms with Gasteiger partial charge in [0.05, 0.1) is 14.2 Å². The van der Waals surface area contributed by atoms with Gasteiger partial charge < -0.3 is 20.1 Å². The fraction of sp³-hybridized carbons (Fsp3) is 0.579. The number of amides is 2. The lowest BCUT2D eigenvalue weighted by molar-refractivity contribution is -0.137. The lowest BCUT2D eigenvalue weighted by Crippen LogP contribution is -2.43. The molecule has 0 saturated heterocycles. The predicted molar refractivity (Wildman–Crippen MR) is 95.5 cm³/mol. The van der Waals surface area contributed by atoms with E-state index < -0.39 is 5.41 Å². The lowest BCUT2D eigenvalue weighted by atomic mass is 10.0. The van der Waals surface area contributed by atoms with Gasteiger partial charge >= 0.3 is 0 Å².